The van der Waals surface area contributed by atoms with E-state index in [1.807, 2.05) is 19.1 Å². The Morgan fingerprint density at radius 1 is 1.25 bits per heavy atom. The van der Waals surface area contributed by atoms with E-state index in [0.717, 1.165) is 30.8 Å². The first-order chi connectivity index (χ1) is 11.5. The lowest BCUT2D eigenvalue weighted by atomic mass is 10.2. The molecule has 0 fully saturated rings. The lowest BCUT2D eigenvalue weighted by molar-refractivity contribution is 0.102. The Labute approximate surface area is 148 Å². The molecule has 1 aromatic carbocycles. The second-order valence-corrected chi connectivity index (χ2v) is 6.29. The van der Waals surface area contributed by atoms with E-state index in [1.54, 1.807) is 24.4 Å². The molecule has 1 heterocycles. The molecule has 128 valence electrons. The van der Waals surface area contributed by atoms with Crippen LogP contribution in [0.15, 0.2) is 36.5 Å². The number of anilines is 2. The van der Waals surface area contributed by atoms with Crippen LogP contribution < -0.4 is 10.6 Å². The van der Waals surface area contributed by atoms with Gasteiger partial charge in [-0.25, -0.2) is 4.98 Å². The maximum Gasteiger partial charge on any atom is 0.274 e. The van der Waals surface area contributed by atoms with Gasteiger partial charge in [-0.15, -0.1) is 0 Å². The van der Waals surface area contributed by atoms with Crippen LogP contribution in [0, 0.1) is 6.92 Å². The van der Waals surface area contributed by atoms with E-state index in [9.17, 15) is 4.79 Å². The Hall–Kier alpha value is -2.11. The molecule has 0 saturated carbocycles. The number of rotatable bonds is 7. The van der Waals surface area contributed by atoms with Crippen LogP contribution in [0.25, 0.3) is 0 Å². The second kappa shape index (κ2) is 8.66. The van der Waals surface area contributed by atoms with Gasteiger partial charge in [-0.1, -0.05) is 17.7 Å². The molecule has 0 saturated heterocycles. The van der Waals surface area contributed by atoms with E-state index in [-0.39, 0.29) is 5.91 Å². The lowest BCUT2D eigenvalue weighted by Crippen LogP contribution is -2.17. The van der Waals surface area contributed by atoms with Crippen molar-refractivity contribution in [3.63, 3.8) is 0 Å². The molecule has 0 radical (unpaired) electrons. The summed E-state index contributed by atoms with van der Waals surface area (Å²) in [6, 6.07) is 8.99. The smallest absolute Gasteiger partial charge is 0.274 e. The molecule has 0 aliphatic heterocycles. The van der Waals surface area contributed by atoms with Crippen LogP contribution in [0.4, 0.5) is 11.4 Å². The number of aromatic nitrogens is 1. The molecule has 2 rings (SSSR count). The molecule has 0 aliphatic rings. The zero-order chi connectivity index (χ0) is 17.5. The highest BCUT2D eigenvalue weighted by Crippen LogP contribution is 2.23. The van der Waals surface area contributed by atoms with Crippen molar-refractivity contribution in [2.45, 2.75) is 13.3 Å². The summed E-state index contributed by atoms with van der Waals surface area (Å²) >= 11 is 6.07. The van der Waals surface area contributed by atoms with Crippen LogP contribution >= 0.6 is 11.6 Å². The van der Waals surface area contributed by atoms with Crippen molar-refractivity contribution in [3.8, 4) is 0 Å². The van der Waals surface area contributed by atoms with Gasteiger partial charge in [0.25, 0.3) is 5.91 Å². The molecular formula is C18H23ClN4O. The summed E-state index contributed by atoms with van der Waals surface area (Å²) in [5.74, 6) is -0.250. The van der Waals surface area contributed by atoms with Gasteiger partial charge in [-0.3, -0.25) is 4.79 Å². The summed E-state index contributed by atoms with van der Waals surface area (Å²) in [5, 5.41) is 6.76. The normalized spacial score (nSPS) is 10.7. The molecule has 5 nitrogen and oxygen atoms in total. The molecule has 24 heavy (non-hydrogen) atoms. The average Bonchev–Trinajstić information content (AvgIpc) is 2.56. The maximum atomic E-state index is 12.3. The highest BCUT2D eigenvalue weighted by Gasteiger charge is 2.10. The highest BCUT2D eigenvalue weighted by atomic mass is 35.5. The van der Waals surface area contributed by atoms with Crippen molar-refractivity contribution in [1.29, 1.82) is 0 Å². The van der Waals surface area contributed by atoms with Crippen molar-refractivity contribution in [1.82, 2.24) is 9.88 Å². The SMILES string of the molecule is Cc1c(Cl)cccc1NC(=O)c1ccc(NCCCN(C)C)cn1. The number of halogens is 1. The van der Waals surface area contributed by atoms with Crippen LogP contribution in [-0.2, 0) is 0 Å². The van der Waals surface area contributed by atoms with Crippen molar-refractivity contribution in [2.75, 3.05) is 37.8 Å². The molecular weight excluding hydrogens is 324 g/mol. The Balaban J connectivity index is 1.92. The Bertz CT molecular complexity index is 686. The minimum Gasteiger partial charge on any atom is -0.384 e. The summed E-state index contributed by atoms with van der Waals surface area (Å²) < 4.78 is 0. The fraction of sp³-hybridized carbons (Fsp3) is 0.333. The fourth-order valence-corrected chi connectivity index (χ4v) is 2.36. The van der Waals surface area contributed by atoms with Crippen molar-refractivity contribution >= 4 is 28.9 Å². The first-order valence-corrected chi connectivity index (χ1v) is 8.26. The number of carbonyl (C=O) groups is 1. The molecule has 0 atom stereocenters. The molecule has 0 aliphatic carbocycles. The van der Waals surface area contributed by atoms with Gasteiger partial charge in [0, 0.05) is 17.3 Å². The zero-order valence-electron chi connectivity index (χ0n) is 14.3. The summed E-state index contributed by atoms with van der Waals surface area (Å²) in [5.41, 5.74) is 2.81. The van der Waals surface area contributed by atoms with E-state index in [2.05, 4.69) is 34.6 Å². The number of carbonyl (C=O) groups excluding carboxylic acids is 1. The van der Waals surface area contributed by atoms with Gasteiger partial charge in [-0.2, -0.15) is 0 Å². The third kappa shape index (κ3) is 5.22. The first-order valence-electron chi connectivity index (χ1n) is 7.88. The maximum absolute atomic E-state index is 12.3. The van der Waals surface area contributed by atoms with Crippen molar-refractivity contribution < 1.29 is 4.79 Å². The highest BCUT2D eigenvalue weighted by molar-refractivity contribution is 6.31. The van der Waals surface area contributed by atoms with Gasteiger partial charge in [0.2, 0.25) is 0 Å². The zero-order valence-corrected chi connectivity index (χ0v) is 15.0. The number of amides is 1. The number of hydrogen-bond donors (Lipinski definition) is 2. The van der Waals surface area contributed by atoms with Gasteiger partial charge in [0.05, 0.1) is 11.9 Å². The topological polar surface area (TPSA) is 57.3 Å². The minimum absolute atomic E-state index is 0.250. The third-order valence-electron chi connectivity index (χ3n) is 3.62. The molecule has 2 aromatic rings. The minimum atomic E-state index is -0.250. The number of hydrogen-bond acceptors (Lipinski definition) is 4. The van der Waals surface area contributed by atoms with Crippen LogP contribution in [0.2, 0.25) is 5.02 Å². The number of nitrogens with zero attached hydrogens (tertiary/aromatic N) is 2. The number of nitrogens with one attached hydrogen (secondary N) is 2. The summed E-state index contributed by atoms with van der Waals surface area (Å²) in [7, 11) is 4.10. The lowest BCUT2D eigenvalue weighted by Gasteiger charge is -2.11. The summed E-state index contributed by atoms with van der Waals surface area (Å²) in [4.78, 5) is 18.6. The van der Waals surface area contributed by atoms with E-state index < -0.39 is 0 Å². The average molecular weight is 347 g/mol. The van der Waals surface area contributed by atoms with Gasteiger partial charge in [0.15, 0.2) is 0 Å². The number of benzene rings is 1. The van der Waals surface area contributed by atoms with Crippen LogP contribution in [0.5, 0.6) is 0 Å². The standard InChI is InChI=1S/C18H23ClN4O/c1-13-15(19)6-4-7-16(13)22-18(24)17-9-8-14(12-21-17)20-10-5-11-23(2)3/h4,6-9,12,20H,5,10-11H2,1-3H3,(H,22,24). The molecule has 0 spiro atoms. The molecule has 6 heteroatoms. The van der Waals surface area contributed by atoms with E-state index in [1.165, 1.54) is 0 Å². The van der Waals surface area contributed by atoms with Crippen LogP contribution in [0.3, 0.4) is 0 Å². The van der Waals surface area contributed by atoms with E-state index in [0.29, 0.717) is 16.4 Å². The molecule has 0 bridgehead atoms. The Kier molecular flexibility index (Phi) is 6.58. The fourth-order valence-electron chi connectivity index (χ4n) is 2.19. The Morgan fingerprint density at radius 3 is 2.71 bits per heavy atom. The molecule has 2 N–H and O–H groups in total. The van der Waals surface area contributed by atoms with Crippen molar-refractivity contribution in [2.24, 2.45) is 0 Å². The van der Waals surface area contributed by atoms with E-state index in [4.69, 9.17) is 11.6 Å². The van der Waals surface area contributed by atoms with E-state index >= 15 is 0 Å². The van der Waals surface area contributed by atoms with Gasteiger partial charge < -0.3 is 15.5 Å². The second-order valence-electron chi connectivity index (χ2n) is 5.88. The van der Waals surface area contributed by atoms with Gasteiger partial charge >= 0.3 is 0 Å². The predicted octanol–water partition coefficient (Wildman–Crippen LogP) is 3.66. The molecule has 1 amide bonds. The van der Waals surface area contributed by atoms with Gasteiger partial charge in [0.1, 0.15) is 5.69 Å². The monoisotopic (exact) mass is 346 g/mol. The predicted molar refractivity (Wildman–Crippen MR) is 100 cm³/mol. The summed E-state index contributed by atoms with van der Waals surface area (Å²) in [6.07, 6.45) is 2.72. The summed E-state index contributed by atoms with van der Waals surface area (Å²) in [6.45, 7) is 3.76. The van der Waals surface area contributed by atoms with Crippen LogP contribution in [0.1, 0.15) is 22.5 Å². The van der Waals surface area contributed by atoms with Gasteiger partial charge in [-0.05, 0) is 63.8 Å². The first kappa shape index (κ1) is 18.2. The largest absolute Gasteiger partial charge is 0.384 e. The number of pyridine rings is 1. The molecule has 1 aromatic heterocycles. The third-order valence-corrected chi connectivity index (χ3v) is 4.03. The van der Waals surface area contributed by atoms with Crippen molar-refractivity contribution in [3.05, 3.63) is 52.8 Å². The Morgan fingerprint density at radius 2 is 2.04 bits per heavy atom. The van der Waals surface area contributed by atoms with Crippen LogP contribution in [-0.4, -0.2) is 43.0 Å². The molecule has 0 unspecified atom stereocenters. The quantitative estimate of drug-likeness (QED) is 0.751.